The molecule has 0 radical (unpaired) electrons. The Bertz CT molecular complexity index is 950. The third-order valence-corrected chi connectivity index (χ3v) is 7.13. The van der Waals surface area contributed by atoms with Gasteiger partial charge in [-0.1, -0.05) is 60.3 Å². The van der Waals surface area contributed by atoms with Crippen LogP contribution in [-0.2, 0) is 11.3 Å². The number of benzene rings is 2. The molecule has 0 spiro atoms. The van der Waals surface area contributed by atoms with Crippen LogP contribution in [0.15, 0.2) is 54.2 Å². The molecule has 5 heteroatoms. The molecule has 0 saturated carbocycles. The number of fused-ring (bicyclic) bond motifs is 2. The lowest BCUT2D eigenvalue weighted by atomic mass is 9.85. The predicted molar refractivity (Wildman–Crippen MR) is 124 cm³/mol. The van der Waals surface area contributed by atoms with E-state index in [4.69, 9.17) is 0 Å². The lowest BCUT2D eigenvalue weighted by molar-refractivity contribution is -0.129. The predicted octanol–water partition coefficient (Wildman–Crippen LogP) is 5.82. The minimum atomic E-state index is 0.0802. The highest BCUT2D eigenvalue weighted by molar-refractivity contribution is 8.13. The Labute approximate surface area is 183 Å². The minimum absolute atomic E-state index is 0.0802. The first kappa shape index (κ1) is 21.0. The van der Waals surface area contributed by atoms with Crippen LogP contribution < -0.4 is 0 Å². The van der Waals surface area contributed by atoms with E-state index in [0.29, 0.717) is 24.6 Å². The van der Waals surface area contributed by atoms with Crippen LogP contribution in [0.5, 0.6) is 0 Å². The van der Waals surface area contributed by atoms with Crippen molar-refractivity contribution in [2.45, 2.75) is 45.1 Å². The van der Waals surface area contributed by atoms with Crippen molar-refractivity contribution in [3.8, 4) is 0 Å². The molecule has 2 amide bonds. The third-order valence-electron chi connectivity index (χ3n) is 6.25. The highest BCUT2D eigenvalue weighted by Gasteiger charge is 2.30. The van der Waals surface area contributed by atoms with Crippen LogP contribution >= 0.6 is 11.8 Å². The highest BCUT2D eigenvalue weighted by Crippen LogP contribution is 2.36. The number of carbonyl (C=O) groups is 2. The first-order valence-corrected chi connectivity index (χ1v) is 12.0. The van der Waals surface area contributed by atoms with E-state index < -0.39 is 0 Å². The molecule has 4 rings (SSSR count). The number of piperidine rings is 1. The van der Waals surface area contributed by atoms with E-state index in [1.54, 1.807) is 4.90 Å². The monoisotopic (exact) mass is 422 g/mol. The maximum absolute atomic E-state index is 12.8. The summed E-state index contributed by atoms with van der Waals surface area (Å²) in [5.74, 6) is 1.17. The third kappa shape index (κ3) is 4.72. The van der Waals surface area contributed by atoms with Gasteiger partial charge in [-0.15, -0.1) is 0 Å². The Balaban J connectivity index is 1.29. The fourth-order valence-corrected chi connectivity index (χ4v) is 5.45. The molecule has 1 heterocycles. The molecule has 1 atom stereocenters. The molecular formula is C25H30N2O2S. The van der Waals surface area contributed by atoms with Gasteiger partial charge in [0, 0.05) is 38.0 Å². The van der Waals surface area contributed by atoms with Gasteiger partial charge >= 0.3 is 0 Å². The second-order valence-electron chi connectivity index (χ2n) is 8.30. The molecule has 1 unspecified atom stereocenters. The number of nitrogens with zero attached hydrogens (tertiary/aromatic N) is 2. The van der Waals surface area contributed by atoms with Gasteiger partial charge in [0.15, 0.2) is 0 Å². The fourth-order valence-electron chi connectivity index (χ4n) is 4.64. The van der Waals surface area contributed by atoms with Gasteiger partial charge in [0.25, 0.3) is 5.24 Å². The van der Waals surface area contributed by atoms with Crippen molar-refractivity contribution in [2.24, 2.45) is 5.92 Å². The summed E-state index contributed by atoms with van der Waals surface area (Å²) < 4.78 is 0. The largest absolute Gasteiger partial charge is 0.341 e. The molecule has 0 aromatic heterocycles. The molecule has 2 aromatic rings. The van der Waals surface area contributed by atoms with Crippen LogP contribution in [-0.4, -0.2) is 40.3 Å². The summed E-state index contributed by atoms with van der Waals surface area (Å²) in [7, 11) is 1.85. The first-order valence-electron chi connectivity index (χ1n) is 11.0. The van der Waals surface area contributed by atoms with Crippen LogP contribution in [0.3, 0.4) is 0 Å². The SMILES string of the molecule is CN(Cc1cccc2ccccc12)C(=O)CCSC(=O)N1CCCC2CCCC=C21. The molecule has 30 heavy (non-hydrogen) atoms. The van der Waals surface area contributed by atoms with Crippen molar-refractivity contribution < 1.29 is 9.59 Å². The molecular weight excluding hydrogens is 392 g/mol. The molecule has 0 bridgehead atoms. The topological polar surface area (TPSA) is 40.6 Å². The summed E-state index contributed by atoms with van der Waals surface area (Å²) in [5.41, 5.74) is 2.39. The lowest BCUT2D eigenvalue weighted by Gasteiger charge is -2.37. The molecule has 0 N–H and O–H groups in total. The van der Waals surface area contributed by atoms with Crippen molar-refractivity contribution in [3.63, 3.8) is 0 Å². The average molecular weight is 423 g/mol. The summed E-state index contributed by atoms with van der Waals surface area (Å²) in [5, 5.41) is 2.48. The second-order valence-corrected chi connectivity index (χ2v) is 9.35. The van der Waals surface area contributed by atoms with Crippen molar-refractivity contribution in [2.75, 3.05) is 19.3 Å². The van der Waals surface area contributed by atoms with E-state index in [2.05, 4.69) is 30.3 Å². The first-order chi connectivity index (χ1) is 14.6. The molecule has 1 fully saturated rings. The number of likely N-dealkylation sites (tertiary alicyclic amines) is 1. The maximum Gasteiger partial charge on any atom is 0.285 e. The van der Waals surface area contributed by atoms with Gasteiger partial charge in [0.1, 0.15) is 0 Å². The van der Waals surface area contributed by atoms with Crippen molar-refractivity contribution in [3.05, 3.63) is 59.8 Å². The molecule has 2 aliphatic rings. The normalized spacial score (nSPS) is 18.6. The zero-order valence-electron chi connectivity index (χ0n) is 17.7. The molecule has 1 aliphatic carbocycles. The Hall–Kier alpha value is -2.27. The summed E-state index contributed by atoms with van der Waals surface area (Å²) in [6, 6.07) is 14.5. The highest BCUT2D eigenvalue weighted by atomic mass is 32.2. The zero-order valence-corrected chi connectivity index (χ0v) is 18.5. The summed E-state index contributed by atoms with van der Waals surface area (Å²) in [4.78, 5) is 29.2. The van der Waals surface area contributed by atoms with Crippen LogP contribution in [0.25, 0.3) is 10.8 Å². The maximum atomic E-state index is 12.8. The Morgan fingerprint density at radius 2 is 1.90 bits per heavy atom. The quantitative estimate of drug-likeness (QED) is 0.609. The van der Waals surface area contributed by atoms with Crippen LogP contribution in [0.4, 0.5) is 4.79 Å². The van der Waals surface area contributed by atoms with Gasteiger partial charge in [-0.25, -0.2) is 0 Å². The van der Waals surface area contributed by atoms with Crippen LogP contribution in [0.2, 0.25) is 0 Å². The Kier molecular flexibility index (Phi) is 6.78. The van der Waals surface area contributed by atoms with Gasteiger partial charge in [0.2, 0.25) is 5.91 Å². The number of allylic oxidation sites excluding steroid dienone is 2. The zero-order chi connectivity index (χ0) is 20.9. The van der Waals surface area contributed by atoms with Crippen molar-refractivity contribution in [1.82, 2.24) is 9.80 Å². The van der Waals surface area contributed by atoms with E-state index in [1.165, 1.54) is 47.5 Å². The standard InChI is InChI=1S/C25H30N2O2S/c1-26(18-21-11-6-10-19-8-2-4-13-22(19)21)24(28)15-17-30-25(29)27-16-7-12-20-9-3-5-14-23(20)27/h2,4,6,8,10-11,13-14,20H,3,5,7,9,12,15-18H2,1H3. The van der Waals surface area contributed by atoms with Gasteiger partial charge in [-0.2, -0.15) is 0 Å². The number of amides is 2. The van der Waals surface area contributed by atoms with Crippen LogP contribution in [0, 0.1) is 5.92 Å². The van der Waals surface area contributed by atoms with Crippen LogP contribution in [0.1, 0.15) is 44.1 Å². The lowest BCUT2D eigenvalue weighted by Crippen LogP contribution is -2.37. The number of carbonyl (C=O) groups excluding carboxylic acids is 2. The van der Waals surface area contributed by atoms with E-state index >= 15 is 0 Å². The summed E-state index contributed by atoms with van der Waals surface area (Å²) in [6.45, 7) is 1.41. The Morgan fingerprint density at radius 1 is 1.10 bits per heavy atom. The van der Waals surface area contributed by atoms with E-state index in [1.807, 2.05) is 30.1 Å². The second kappa shape index (κ2) is 9.69. The minimum Gasteiger partial charge on any atom is -0.341 e. The van der Waals surface area contributed by atoms with E-state index in [9.17, 15) is 9.59 Å². The molecule has 2 aromatic carbocycles. The van der Waals surface area contributed by atoms with Gasteiger partial charge < -0.3 is 9.80 Å². The fraction of sp³-hybridized carbons (Fsp3) is 0.440. The summed E-state index contributed by atoms with van der Waals surface area (Å²) >= 11 is 1.29. The van der Waals surface area contributed by atoms with Gasteiger partial charge in [0.05, 0.1) is 0 Å². The smallest absolute Gasteiger partial charge is 0.285 e. The van der Waals surface area contributed by atoms with E-state index in [-0.39, 0.29) is 11.1 Å². The van der Waals surface area contributed by atoms with Gasteiger partial charge in [-0.3, -0.25) is 9.59 Å². The van der Waals surface area contributed by atoms with Crippen molar-refractivity contribution >= 4 is 33.7 Å². The van der Waals surface area contributed by atoms with Crippen molar-refractivity contribution in [1.29, 1.82) is 0 Å². The molecule has 1 saturated heterocycles. The number of thioether (sulfide) groups is 1. The summed E-state index contributed by atoms with van der Waals surface area (Å²) in [6.07, 6.45) is 8.46. The Morgan fingerprint density at radius 3 is 2.80 bits per heavy atom. The number of hydrogen-bond acceptors (Lipinski definition) is 3. The molecule has 1 aliphatic heterocycles. The van der Waals surface area contributed by atoms with Gasteiger partial charge in [-0.05, 0) is 54.4 Å². The average Bonchev–Trinajstić information content (AvgIpc) is 2.78. The number of hydrogen-bond donors (Lipinski definition) is 0. The van der Waals surface area contributed by atoms with E-state index in [0.717, 1.165) is 24.9 Å². The number of rotatable bonds is 5. The molecule has 158 valence electrons. The molecule has 4 nitrogen and oxygen atoms in total.